The van der Waals surface area contributed by atoms with Gasteiger partial charge in [-0.2, -0.15) is 0 Å². The van der Waals surface area contributed by atoms with Crippen LogP contribution in [0.15, 0.2) is 24.3 Å². The second-order valence-electron chi connectivity index (χ2n) is 4.86. The van der Waals surface area contributed by atoms with Crippen molar-refractivity contribution in [1.82, 2.24) is 5.32 Å². The summed E-state index contributed by atoms with van der Waals surface area (Å²) in [5.74, 6) is -0.141. The van der Waals surface area contributed by atoms with E-state index in [4.69, 9.17) is 4.74 Å². The Kier molecular flexibility index (Phi) is 11.5. The molecule has 4 heteroatoms. The van der Waals surface area contributed by atoms with E-state index in [1.807, 2.05) is 6.92 Å². The monoisotopic (exact) mass is 297 g/mol. The zero-order valence-corrected chi connectivity index (χ0v) is 13.6. The Morgan fingerprint density at radius 1 is 1.19 bits per heavy atom. The molecule has 21 heavy (non-hydrogen) atoms. The van der Waals surface area contributed by atoms with Crippen molar-refractivity contribution in [3.63, 3.8) is 0 Å². The molecule has 0 atom stereocenters. The lowest BCUT2D eigenvalue weighted by Crippen LogP contribution is -2.19. The fourth-order valence-corrected chi connectivity index (χ4v) is 1.62. The number of nitrogens with one attached hydrogen (secondary N) is 1. The minimum Gasteiger partial charge on any atom is -0.374 e. The Labute approximate surface area is 127 Å². The molecule has 0 saturated carbocycles. The van der Waals surface area contributed by atoms with Gasteiger partial charge >= 0.3 is 0 Å². The summed E-state index contributed by atoms with van der Waals surface area (Å²) in [5.41, 5.74) is 1.03. The minimum atomic E-state index is -0.198. The topological polar surface area (TPSA) is 38.3 Å². The average molecular weight is 297 g/mol. The highest BCUT2D eigenvalue weighted by molar-refractivity contribution is 5.72. The second kappa shape index (κ2) is 12.3. The molecule has 0 aliphatic heterocycles. The summed E-state index contributed by atoms with van der Waals surface area (Å²) in [7, 11) is 0. The second-order valence-corrected chi connectivity index (χ2v) is 4.86. The molecule has 0 fully saturated rings. The summed E-state index contributed by atoms with van der Waals surface area (Å²) >= 11 is 0. The quantitative estimate of drug-likeness (QED) is 0.824. The van der Waals surface area contributed by atoms with Gasteiger partial charge in [0.15, 0.2) is 0 Å². The van der Waals surface area contributed by atoms with Crippen LogP contribution >= 0.6 is 0 Å². The number of hydrogen-bond donors (Lipinski definition) is 1. The molecule has 0 unspecified atom stereocenters. The Bertz CT molecular complexity index is 375. The van der Waals surface area contributed by atoms with Gasteiger partial charge in [-0.05, 0) is 37.0 Å². The molecule has 0 aromatic heterocycles. The summed E-state index contributed by atoms with van der Waals surface area (Å²) in [6.45, 7) is 9.14. The number of benzene rings is 1. The Morgan fingerprint density at radius 2 is 1.76 bits per heavy atom. The van der Waals surface area contributed by atoms with Gasteiger partial charge in [-0.25, -0.2) is 4.39 Å². The molecule has 0 bridgehead atoms. The molecule has 120 valence electrons. The largest absolute Gasteiger partial charge is 0.374 e. The molecule has 1 N–H and O–H groups in total. The highest BCUT2D eigenvalue weighted by Crippen LogP contribution is 2.09. The molecule has 0 aliphatic carbocycles. The standard InChI is InChI=1S/C12H17FO.C5H11NO/c1-3-12(4-2)14-9-10-5-7-11(13)8-6-10;1-3-4-6-5(2)7/h5-8,12H,3-4,9H2,1-2H3;3-4H2,1-2H3,(H,6,7). The number of halogens is 1. The van der Waals surface area contributed by atoms with Gasteiger partial charge in [0.25, 0.3) is 0 Å². The fraction of sp³-hybridized carbons (Fsp3) is 0.588. The van der Waals surface area contributed by atoms with Gasteiger partial charge < -0.3 is 10.1 Å². The van der Waals surface area contributed by atoms with Crippen LogP contribution in [0.4, 0.5) is 4.39 Å². The number of amides is 1. The predicted octanol–water partition coefficient (Wildman–Crippen LogP) is 4.06. The van der Waals surface area contributed by atoms with E-state index in [0.29, 0.717) is 12.7 Å². The third-order valence-electron chi connectivity index (χ3n) is 2.93. The van der Waals surface area contributed by atoms with E-state index in [0.717, 1.165) is 31.4 Å². The maximum atomic E-state index is 12.6. The van der Waals surface area contributed by atoms with E-state index in [1.165, 1.54) is 19.1 Å². The first-order valence-electron chi connectivity index (χ1n) is 7.63. The summed E-state index contributed by atoms with van der Waals surface area (Å²) in [6, 6.07) is 6.45. The van der Waals surface area contributed by atoms with E-state index in [2.05, 4.69) is 19.2 Å². The van der Waals surface area contributed by atoms with E-state index in [9.17, 15) is 9.18 Å². The fourth-order valence-electron chi connectivity index (χ4n) is 1.62. The summed E-state index contributed by atoms with van der Waals surface area (Å²) in [6.07, 6.45) is 3.38. The number of hydrogen-bond acceptors (Lipinski definition) is 2. The molecule has 1 aromatic carbocycles. The third-order valence-corrected chi connectivity index (χ3v) is 2.93. The lowest BCUT2D eigenvalue weighted by atomic mass is 10.2. The van der Waals surface area contributed by atoms with E-state index in [-0.39, 0.29) is 11.7 Å². The van der Waals surface area contributed by atoms with Crippen LogP contribution in [0, 0.1) is 5.82 Å². The molecule has 1 rings (SSSR count). The number of ether oxygens (including phenoxy) is 1. The first-order chi connectivity index (χ1) is 10.0. The summed E-state index contributed by atoms with van der Waals surface area (Å²) in [5, 5.41) is 2.66. The van der Waals surface area contributed by atoms with Gasteiger partial charge in [0.05, 0.1) is 12.7 Å². The van der Waals surface area contributed by atoms with Crippen LogP contribution in [-0.4, -0.2) is 18.6 Å². The Balaban J connectivity index is 0.000000486. The van der Waals surface area contributed by atoms with E-state index in [1.54, 1.807) is 12.1 Å². The van der Waals surface area contributed by atoms with Gasteiger partial charge in [0.1, 0.15) is 5.82 Å². The molecular formula is C17H28FNO2. The minimum absolute atomic E-state index is 0.0573. The lowest BCUT2D eigenvalue weighted by Gasteiger charge is -2.13. The number of carbonyl (C=O) groups excluding carboxylic acids is 1. The lowest BCUT2D eigenvalue weighted by molar-refractivity contribution is -0.118. The van der Waals surface area contributed by atoms with Crippen LogP contribution in [0.5, 0.6) is 0 Å². The van der Waals surface area contributed by atoms with Crippen molar-refractivity contribution in [2.24, 2.45) is 0 Å². The summed E-state index contributed by atoms with van der Waals surface area (Å²) in [4.78, 5) is 10.1. The van der Waals surface area contributed by atoms with Crippen LogP contribution in [-0.2, 0) is 16.1 Å². The van der Waals surface area contributed by atoms with E-state index < -0.39 is 0 Å². The molecular weight excluding hydrogens is 269 g/mol. The molecule has 3 nitrogen and oxygen atoms in total. The smallest absolute Gasteiger partial charge is 0.216 e. The van der Waals surface area contributed by atoms with Gasteiger partial charge in [0, 0.05) is 13.5 Å². The normalized spacial score (nSPS) is 10.0. The highest BCUT2D eigenvalue weighted by Gasteiger charge is 2.03. The molecule has 1 aromatic rings. The molecule has 0 aliphatic rings. The molecule has 0 radical (unpaired) electrons. The van der Waals surface area contributed by atoms with Crippen molar-refractivity contribution in [3.05, 3.63) is 35.6 Å². The zero-order chi connectivity index (χ0) is 16.1. The first-order valence-corrected chi connectivity index (χ1v) is 7.63. The van der Waals surface area contributed by atoms with Gasteiger partial charge in [-0.15, -0.1) is 0 Å². The van der Waals surface area contributed by atoms with Crippen LogP contribution in [0.3, 0.4) is 0 Å². The number of carbonyl (C=O) groups is 1. The van der Waals surface area contributed by atoms with Crippen LogP contribution in [0.2, 0.25) is 0 Å². The SMILES string of the molecule is CCC(CC)OCc1ccc(F)cc1.CCCNC(C)=O. The van der Waals surface area contributed by atoms with Crippen molar-refractivity contribution in [2.75, 3.05) is 6.54 Å². The highest BCUT2D eigenvalue weighted by atomic mass is 19.1. The number of rotatable bonds is 7. The Hall–Kier alpha value is -1.42. The molecule has 0 spiro atoms. The maximum absolute atomic E-state index is 12.6. The predicted molar refractivity (Wildman–Crippen MR) is 84.5 cm³/mol. The van der Waals surface area contributed by atoms with Crippen molar-refractivity contribution in [3.8, 4) is 0 Å². The molecule has 0 saturated heterocycles. The molecule has 1 amide bonds. The average Bonchev–Trinajstić information content (AvgIpc) is 2.48. The molecule has 0 heterocycles. The van der Waals surface area contributed by atoms with Crippen molar-refractivity contribution in [1.29, 1.82) is 0 Å². The Morgan fingerprint density at radius 3 is 2.14 bits per heavy atom. The van der Waals surface area contributed by atoms with Crippen LogP contribution < -0.4 is 5.32 Å². The van der Waals surface area contributed by atoms with Gasteiger partial charge in [0.2, 0.25) is 5.91 Å². The third kappa shape index (κ3) is 11.0. The first kappa shape index (κ1) is 19.6. The van der Waals surface area contributed by atoms with Crippen molar-refractivity contribution < 1.29 is 13.9 Å². The van der Waals surface area contributed by atoms with Crippen molar-refractivity contribution in [2.45, 2.75) is 59.7 Å². The van der Waals surface area contributed by atoms with Crippen LogP contribution in [0.1, 0.15) is 52.5 Å². The van der Waals surface area contributed by atoms with Gasteiger partial charge in [-0.3, -0.25) is 4.79 Å². The van der Waals surface area contributed by atoms with Crippen LogP contribution in [0.25, 0.3) is 0 Å². The summed E-state index contributed by atoms with van der Waals surface area (Å²) < 4.78 is 18.2. The van der Waals surface area contributed by atoms with Crippen molar-refractivity contribution >= 4 is 5.91 Å². The zero-order valence-electron chi connectivity index (χ0n) is 13.6. The maximum Gasteiger partial charge on any atom is 0.216 e. The van der Waals surface area contributed by atoms with E-state index >= 15 is 0 Å². The van der Waals surface area contributed by atoms with Gasteiger partial charge in [-0.1, -0.05) is 32.9 Å².